The van der Waals surface area contributed by atoms with E-state index < -0.39 is 10.8 Å². The predicted molar refractivity (Wildman–Crippen MR) is 78.2 cm³/mol. The van der Waals surface area contributed by atoms with Gasteiger partial charge in [-0.2, -0.15) is 0 Å². The van der Waals surface area contributed by atoms with Crippen LogP contribution in [0.5, 0.6) is 0 Å². The van der Waals surface area contributed by atoms with Crippen molar-refractivity contribution in [1.82, 2.24) is 0 Å². The molecule has 0 radical (unpaired) electrons. The van der Waals surface area contributed by atoms with Crippen molar-refractivity contribution in [3.63, 3.8) is 0 Å². The summed E-state index contributed by atoms with van der Waals surface area (Å²) in [6.45, 7) is 1.50. The van der Waals surface area contributed by atoms with Crippen LogP contribution in [0.25, 0.3) is 0 Å². The number of carbonyl (C=O) groups excluding carboxylic acids is 1. The fraction of sp³-hybridized carbons (Fsp3) is 0.133. The highest BCUT2D eigenvalue weighted by Gasteiger charge is 2.15. The summed E-state index contributed by atoms with van der Waals surface area (Å²) in [5.41, 5.74) is 1.79. The third kappa shape index (κ3) is 3.24. The predicted octanol–water partition coefficient (Wildman–Crippen LogP) is 2.65. The fourth-order valence-corrected chi connectivity index (χ4v) is 1.94. The third-order valence-electron chi connectivity index (χ3n) is 3.11. The van der Waals surface area contributed by atoms with Crippen LogP contribution in [0.3, 0.4) is 0 Å². The molecule has 2 aromatic carbocycles. The van der Waals surface area contributed by atoms with Crippen molar-refractivity contribution in [2.75, 3.05) is 5.32 Å². The zero-order valence-corrected chi connectivity index (χ0v) is 11.4. The van der Waals surface area contributed by atoms with Gasteiger partial charge in [0.2, 0.25) is 0 Å². The van der Waals surface area contributed by atoms with Gasteiger partial charge in [0.15, 0.2) is 0 Å². The molecule has 0 saturated carbocycles. The van der Waals surface area contributed by atoms with Gasteiger partial charge >= 0.3 is 0 Å². The summed E-state index contributed by atoms with van der Waals surface area (Å²) in [7, 11) is 0. The van der Waals surface area contributed by atoms with Gasteiger partial charge in [-0.3, -0.25) is 14.9 Å². The minimum Gasteiger partial charge on any atom is -0.392 e. The van der Waals surface area contributed by atoms with Crippen molar-refractivity contribution in [3.8, 4) is 0 Å². The zero-order chi connectivity index (χ0) is 15.4. The molecular formula is C15H14N2O4. The van der Waals surface area contributed by atoms with Crippen LogP contribution in [0.2, 0.25) is 0 Å². The second-order valence-corrected chi connectivity index (χ2v) is 4.53. The van der Waals surface area contributed by atoms with Crippen LogP contribution in [0.4, 0.5) is 11.4 Å². The number of para-hydroxylation sites is 1. The molecule has 1 amide bonds. The van der Waals surface area contributed by atoms with Crippen molar-refractivity contribution in [1.29, 1.82) is 0 Å². The van der Waals surface area contributed by atoms with E-state index in [2.05, 4.69) is 5.32 Å². The van der Waals surface area contributed by atoms with Crippen molar-refractivity contribution in [2.45, 2.75) is 13.5 Å². The second kappa shape index (κ2) is 6.15. The molecule has 0 aliphatic carbocycles. The van der Waals surface area contributed by atoms with Crippen LogP contribution < -0.4 is 5.32 Å². The zero-order valence-electron chi connectivity index (χ0n) is 11.4. The number of nitro groups is 1. The minimum atomic E-state index is -0.544. The van der Waals surface area contributed by atoms with Gasteiger partial charge in [-0.1, -0.05) is 24.3 Å². The van der Waals surface area contributed by atoms with E-state index in [9.17, 15) is 20.0 Å². The average Bonchev–Trinajstić information content (AvgIpc) is 2.47. The number of non-ortho nitro benzene ring substituents is 1. The largest absolute Gasteiger partial charge is 0.392 e. The Hall–Kier alpha value is -2.73. The van der Waals surface area contributed by atoms with Crippen LogP contribution in [0, 0.1) is 17.0 Å². The number of hydrogen-bond acceptors (Lipinski definition) is 4. The number of nitro benzene ring substituents is 1. The number of nitrogens with zero attached hydrogens (tertiary/aromatic N) is 1. The number of rotatable bonds is 4. The summed E-state index contributed by atoms with van der Waals surface area (Å²) in [5, 5.41) is 22.7. The fourth-order valence-electron chi connectivity index (χ4n) is 1.94. The Labute approximate surface area is 121 Å². The molecule has 6 nitrogen and oxygen atoms in total. The Kier molecular flexibility index (Phi) is 4.30. The summed E-state index contributed by atoms with van der Waals surface area (Å²) in [6.07, 6.45) is 0. The first-order valence-electron chi connectivity index (χ1n) is 6.28. The maximum absolute atomic E-state index is 12.3. The molecule has 2 N–H and O–H groups in total. The SMILES string of the molecule is Cc1ccc([N+](=O)[O-])cc1C(=O)Nc1ccccc1CO. The van der Waals surface area contributed by atoms with Gasteiger partial charge in [0.1, 0.15) is 0 Å². The first-order chi connectivity index (χ1) is 10.0. The molecule has 0 heterocycles. The van der Waals surface area contributed by atoms with Gasteiger partial charge in [-0.25, -0.2) is 0 Å². The quantitative estimate of drug-likeness (QED) is 0.667. The van der Waals surface area contributed by atoms with E-state index in [0.29, 0.717) is 16.8 Å². The van der Waals surface area contributed by atoms with Crippen LogP contribution in [-0.4, -0.2) is 15.9 Å². The molecule has 0 bridgehead atoms. The monoisotopic (exact) mass is 286 g/mol. The Balaban J connectivity index is 2.32. The molecule has 0 unspecified atom stereocenters. The maximum Gasteiger partial charge on any atom is 0.270 e. The van der Waals surface area contributed by atoms with Crippen LogP contribution in [0.15, 0.2) is 42.5 Å². The number of aryl methyl sites for hydroxylation is 1. The molecule has 0 atom stereocenters. The Morgan fingerprint density at radius 1 is 1.29 bits per heavy atom. The summed E-state index contributed by atoms with van der Waals surface area (Å²) in [4.78, 5) is 22.5. The number of anilines is 1. The van der Waals surface area contributed by atoms with Crippen LogP contribution in [-0.2, 0) is 6.61 Å². The second-order valence-electron chi connectivity index (χ2n) is 4.53. The number of hydrogen-bond donors (Lipinski definition) is 2. The lowest BCUT2D eigenvalue weighted by atomic mass is 10.1. The molecule has 6 heteroatoms. The number of benzene rings is 2. The molecule has 0 saturated heterocycles. The molecular weight excluding hydrogens is 272 g/mol. The molecule has 0 spiro atoms. The molecule has 2 aromatic rings. The van der Waals surface area contributed by atoms with E-state index >= 15 is 0 Å². The summed E-state index contributed by atoms with van der Waals surface area (Å²) in [6, 6.07) is 11.0. The lowest BCUT2D eigenvalue weighted by Crippen LogP contribution is -2.15. The lowest BCUT2D eigenvalue weighted by Gasteiger charge is -2.10. The maximum atomic E-state index is 12.3. The molecule has 0 aliphatic rings. The van der Waals surface area contributed by atoms with Gasteiger partial charge in [0, 0.05) is 28.9 Å². The lowest BCUT2D eigenvalue weighted by molar-refractivity contribution is -0.384. The minimum absolute atomic E-state index is 0.138. The van der Waals surface area contributed by atoms with Gasteiger partial charge in [-0.15, -0.1) is 0 Å². The van der Waals surface area contributed by atoms with E-state index in [1.807, 2.05) is 0 Å². The highest BCUT2D eigenvalue weighted by atomic mass is 16.6. The van der Waals surface area contributed by atoms with Crippen LogP contribution in [0.1, 0.15) is 21.5 Å². The Bertz CT molecular complexity index is 698. The topological polar surface area (TPSA) is 92.5 Å². The number of aliphatic hydroxyl groups is 1. The molecule has 0 aliphatic heterocycles. The van der Waals surface area contributed by atoms with Gasteiger partial charge in [0.25, 0.3) is 11.6 Å². The standard InChI is InChI=1S/C15H14N2O4/c1-10-6-7-12(17(20)21)8-13(10)15(19)16-14-5-3-2-4-11(14)9-18/h2-8,18H,9H2,1H3,(H,16,19). The number of amides is 1. The average molecular weight is 286 g/mol. The van der Waals surface area contributed by atoms with Gasteiger partial charge in [-0.05, 0) is 18.6 Å². The summed E-state index contributed by atoms with van der Waals surface area (Å²) in [5.74, 6) is -0.447. The van der Waals surface area contributed by atoms with Crippen molar-refractivity contribution >= 4 is 17.3 Å². The first kappa shape index (κ1) is 14.7. The summed E-state index contributed by atoms with van der Waals surface area (Å²) >= 11 is 0. The van der Waals surface area contributed by atoms with Crippen molar-refractivity contribution in [3.05, 3.63) is 69.3 Å². The normalized spacial score (nSPS) is 10.2. The van der Waals surface area contributed by atoms with Crippen LogP contribution >= 0.6 is 0 Å². The highest BCUT2D eigenvalue weighted by molar-refractivity contribution is 6.06. The van der Waals surface area contributed by atoms with E-state index in [1.165, 1.54) is 18.2 Å². The number of nitrogens with one attached hydrogen (secondary N) is 1. The van der Waals surface area contributed by atoms with E-state index in [4.69, 9.17) is 0 Å². The molecule has 21 heavy (non-hydrogen) atoms. The van der Waals surface area contributed by atoms with Crippen molar-refractivity contribution in [2.24, 2.45) is 0 Å². The molecule has 108 valence electrons. The number of carbonyl (C=O) groups is 1. The first-order valence-corrected chi connectivity index (χ1v) is 6.28. The summed E-state index contributed by atoms with van der Waals surface area (Å²) < 4.78 is 0. The Morgan fingerprint density at radius 2 is 2.00 bits per heavy atom. The smallest absolute Gasteiger partial charge is 0.270 e. The van der Waals surface area contributed by atoms with Gasteiger partial charge < -0.3 is 10.4 Å². The van der Waals surface area contributed by atoms with Crippen molar-refractivity contribution < 1.29 is 14.8 Å². The molecule has 0 fully saturated rings. The number of aliphatic hydroxyl groups excluding tert-OH is 1. The Morgan fingerprint density at radius 3 is 2.67 bits per heavy atom. The van der Waals surface area contributed by atoms with E-state index in [-0.39, 0.29) is 17.9 Å². The third-order valence-corrected chi connectivity index (χ3v) is 3.11. The van der Waals surface area contributed by atoms with Gasteiger partial charge in [0.05, 0.1) is 11.5 Å². The highest BCUT2D eigenvalue weighted by Crippen LogP contribution is 2.20. The molecule has 2 rings (SSSR count). The van der Waals surface area contributed by atoms with E-state index in [1.54, 1.807) is 31.2 Å². The van der Waals surface area contributed by atoms with E-state index in [0.717, 1.165) is 0 Å². The molecule has 0 aromatic heterocycles.